The van der Waals surface area contributed by atoms with Gasteiger partial charge in [0.25, 0.3) is 5.89 Å². The predicted octanol–water partition coefficient (Wildman–Crippen LogP) is 3.40. The lowest BCUT2D eigenvalue weighted by atomic mass is 10.1. The normalized spacial score (nSPS) is 12.9. The van der Waals surface area contributed by atoms with Crippen LogP contribution in [0.4, 0.5) is 0 Å². The van der Waals surface area contributed by atoms with Crippen molar-refractivity contribution in [2.24, 2.45) is 0 Å². The maximum absolute atomic E-state index is 5.75. The highest BCUT2D eigenvalue weighted by molar-refractivity contribution is 5.53. The second-order valence-corrected chi connectivity index (χ2v) is 6.43. The number of nitrogens with zero attached hydrogens (tertiary/aromatic N) is 2. The highest BCUT2D eigenvalue weighted by atomic mass is 16.6. The molecule has 0 saturated heterocycles. The van der Waals surface area contributed by atoms with E-state index in [0.29, 0.717) is 19.1 Å². The van der Waals surface area contributed by atoms with Crippen molar-refractivity contribution >= 4 is 0 Å². The molecule has 1 aliphatic heterocycles. The molecule has 0 saturated carbocycles. The van der Waals surface area contributed by atoms with E-state index in [9.17, 15) is 0 Å². The fraction of sp³-hybridized carbons (Fsp3) is 0.333. The number of aryl methyl sites for hydroxylation is 1. The van der Waals surface area contributed by atoms with Gasteiger partial charge >= 0.3 is 0 Å². The molecule has 4 rings (SSSR count). The molecule has 1 aromatic heterocycles. The third-order valence-electron chi connectivity index (χ3n) is 4.54. The zero-order chi connectivity index (χ0) is 18.5. The van der Waals surface area contributed by atoms with Gasteiger partial charge in [-0.1, -0.05) is 36.3 Å². The molecule has 140 valence electrons. The van der Waals surface area contributed by atoms with Crippen molar-refractivity contribution in [2.75, 3.05) is 19.8 Å². The van der Waals surface area contributed by atoms with Gasteiger partial charge < -0.3 is 19.3 Å². The molecule has 2 heterocycles. The van der Waals surface area contributed by atoms with Gasteiger partial charge in [0.2, 0.25) is 0 Å². The SMILES string of the molecule is CCc1noc(-c2ccc(CCNCc3cccc4c3OCCO4)cc2)n1. The molecule has 0 spiro atoms. The average molecular weight is 365 g/mol. The van der Waals surface area contributed by atoms with Crippen LogP contribution in [0.3, 0.4) is 0 Å². The summed E-state index contributed by atoms with van der Waals surface area (Å²) in [4.78, 5) is 4.36. The topological polar surface area (TPSA) is 69.4 Å². The first-order valence-electron chi connectivity index (χ1n) is 9.33. The van der Waals surface area contributed by atoms with Gasteiger partial charge in [0.1, 0.15) is 13.2 Å². The highest BCUT2D eigenvalue weighted by Gasteiger charge is 2.15. The largest absolute Gasteiger partial charge is 0.486 e. The molecule has 0 aliphatic carbocycles. The minimum Gasteiger partial charge on any atom is -0.486 e. The maximum atomic E-state index is 5.75. The molecule has 0 fully saturated rings. The molecule has 1 N–H and O–H groups in total. The second-order valence-electron chi connectivity index (χ2n) is 6.43. The summed E-state index contributed by atoms with van der Waals surface area (Å²) in [6.07, 6.45) is 1.71. The number of nitrogens with one attached hydrogen (secondary N) is 1. The smallest absolute Gasteiger partial charge is 0.257 e. The Labute approximate surface area is 158 Å². The summed E-state index contributed by atoms with van der Waals surface area (Å²) in [7, 11) is 0. The number of hydrogen-bond donors (Lipinski definition) is 1. The molecular weight excluding hydrogens is 342 g/mol. The molecule has 2 aromatic carbocycles. The molecule has 6 nitrogen and oxygen atoms in total. The summed E-state index contributed by atoms with van der Waals surface area (Å²) in [6, 6.07) is 14.3. The Morgan fingerprint density at radius 2 is 1.89 bits per heavy atom. The summed E-state index contributed by atoms with van der Waals surface area (Å²) >= 11 is 0. The molecule has 0 bridgehead atoms. The predicted molar refractivity (Wildman–Crippen MR) is 102 cm³/mol. The lowest BCUT2D eigenvalue weighted by Gasteiger charge is -2.21. The summed E-state index contributed by atoms with van der Waals surface area (Å²) in [5.41, 5.74) is 3.34. The lowest BCUT2D eigenvalue weighted by molar-refractivity contribution is 0.169. The first kappa shape index (κ1) is 17.5. The third-order valence-corrected chi connectivity index (χ3v) is 4.54. The average Bonchev–Trinajstić information content (AvgIpc) is 3.21. The standard InChI is InChI=1S/C21H23N3O3/c1-2-19-23-21(27-24-19)16-8-6-15(7-9-16)10-11-22-14-17-4-3-5-18-20(17)26-13-12-25-18/h3-9,22H,2,10-14H2,1H3. The van der Waals surface area contributed by atoms with Crippen LogP contribution in [0.25, 0.3) is 11.5 Å². The van der Waals surface area contributed by atoms with Crippen molar-refractivity contribution in [3.05, 3.63) is 59.4 Å². The summed E-state index contributed by atoms with van der Waals surface area (Å²) < 4.78 is 16.7. The van der Waals surface area contributed by atoms with E-state index in [4.69, 9.17) is 14.0 Å². The molecule has 0 radical (unpaired) electrons. The van der Waals surface area contributed by atoms with Crippen LogP contribution in [-0.4, -0.2) is 29.9 Å². The zero-order valence-corrected chi connectivity index (χ0v) is 15.4. The van der Waals surface area contributed by atoms with Crippen LogP contribution in [0.15, 0.2) is 47.0 Å². The fourth-order valence-corrected chi connectivity index (χ4v) is 3.06. The van der Waals surface area contributed by atoms with E-state index in [2.05, 4.69) is 33.7 Å². The lowest BCUT2D eigenvalue weighted by Crippen LogP contribution is -2.20. The van der Waals surface area contributed by atoms with Gasteiger partial charge in [-0.2, -0.15) is 4.98 Å². The summed E-state index contributed by atoms with van der Waals surface area (Å²) in [5.74, 6) is 3.01. The van der Waals surface area contributed by atoms with E-state index in [1.165, 1.54) is 5.56 Å². The number of hydrogen-bond acceptors (Lipinski definition) is 6. The van der Waals surface area contributed by atoms with Crippen molar-refractivity contribution in [3.8, 4) is 23.0 Å². The van der Waals surface area contributed by atoms with Gasteiger partial charge in [-0.15, -0.1) is 0 Å². The van der Waals surface area contributed by atoms with E-state index in [0.717, 1.165) is 54.4 Å². The molecule has 1 aliphatic rings. The first-order chi connectivity index (χ1) is 13.3. The van der Waals surface area contributed by atoms with E-state index in [1.54, 1.807) is 0 Å². The molecule has 3 aromatic rings. The Balaban J connectivity index is 1.29. The minimum atomic E-state index is 0.576. The maximum Gasteiger partial charge on any atom is 0.257 e. The van der Waals surface area contributed by atoms with Crippen LogP contribution in [0.2, 0.25) is 0 Å². The van der Waals surface area contributed by atoms with Gasteiger partial charge in [0.15, 0.2) is 17.3 Å². The van der Waals surface area contributed by atoms with E-state index < -0.39 is 0 Å². The Morgan fingerprint density at radius 1 is 1.04 bits per heavy atom. The molecule has 0 amide bonds. The molecule has 0 atom stereocenters. The van der Waals surface area contributed by atoms with Crippen LogP contribution >= 0.6 is 0 Å². The van der Waals surface area contributed by atoms with Crippen molar-refractivity contribution in [1.82, 2.24) is 15.5 Å². The Hall–Kier alpha value is -2.86. The molecule has 27 heavy (non-hydrogen) atoms. The number of rotatable bonds is 7. The highest BCUT2D eigenvalue weighted by Crippen LogP contribution is 2.33. The van der Waals surface area contributed by atoms with Crippen LogP contribution in [0, 0.1) is 0 Å². The van der Waals surface area contributed by atoms with Crippen LogP contribution in [-0.2, 0) is 19.4 Å². The van der Waals surface area contributed by atoms with Gasteiger partial charge in [0, 0.05) is 24.1 Å². The number of fused-ring (bicyclic) bond motifs is 1. The van der Waals surface area contributed by atoms with Crippen molar-refractivity contribution in [1.29, 1.82) is 0 Å². The van der Waals surface area contributed by atoms with Crippen LogP contribution in [0.5, 0.6) is 11.5 Å². The zero-order valence-electron chi connectivity index (χ0n) is 15.4. The molecule has 6 heteroatoms. The minimum absolute atomic E-state index is 0.576. The van der Waals surface area contributed by atoms with Gasteiger partial charge in [-0.05, 0) is 36.7 Å². The number of para-hydroxylation sites is 1. The van der Waals surface area contributed by atoms with Gasteiger partial charge in [-0.25, -0.2) is 0 Å². The quantitative estimate of drug-likeness (QED) is 0.647. The Morgan fingerprint density at radius 3 is 2.70 bits per heavy atom. The van der Waals surface area contributed by atoms with E-state index >= 15 is 0 Å². The first-order valence-corrected chi connectivity index (χ1v) is 9.33. The second kappa shape index (κ2) is 8.22. The van der Waals surface area contributed by atoms with Crippen LogP contribution in [0.1, 0.15) is 23.9 Å². The summed E-state index contributed by atoms with van der Waals surface area (Å²) in [5, 5.41) is 7.42. The van der Waals surface area contributed by atoms with E-state index in [-0.39, 0.29) is 0 Å². The van der Waals surface area contributed by atoms with Crippen molar-refractivity contribution in [2.45, 2.75) is 26.3 Å². The van der Waals surface area contributed by atoms with Gasteiger partial charge in [-0.3, -0.25) is 0 Å². The van der Waals surface area contributed by atoms with Crippen molar-refractivity contribution < 1.29 is 14.0 Å². The third kappa shape index (κ3) is 4.11. The molecular formula is C21H23N3O3. The Bertz CT molecular complexity index is 890. The van der Waals surface area contributed by atoms with Gasteiger partial charge in [0.05, 0.1) is 0 Å². The fourth-order valence-electron chi connectivity index (χ4n) is 3.06. The monoisotopic (exact) mass is 365 g/mol. The van der Waals surface area contributed by atoms with Crippen LogP contribution < -0.4 is 14.8 Å². The number of aromatic nitrogens is 2. The molecule has 0 unspecified atom stereocenters. The Kier molecular flexibility index (Phi) is 5.34. The number of benzene rings is 2. The summed E-state index contributed by atoms with van der Waals surface area (Å²) in [6.45, 7) is 4.87. The number of ether oxygens (including phenoxy) is 2. The van der Waals surface area contributed by atoms with E-state index in [1.807, 2.05) is 31.2 Å². The van der Waals surface area contributed by atoms with Crippen molar-refractivity contribution in [3.63, 3.8) is 0 Å².